The number of rotatable bonds is 5. The first-order valence-electron chi connectivity index (χ1n) is 6.44. The second-order valence-electron chi connectivity index (χ2n) is 4.68. The minimum absolute atomic E-state index is 0.806. The van der Waals surface area contributed by atoms with Crippen LogP contribution in [-0.4, -0.2) is 11.7 Å². The van der Waals surface area contributed by atoms with E-state index >= 15 is 0 Å². The fourth-order valence-corrected chi connectivity index (χ4v) is 2.08. The molecule has 0 spiro atoms. The largest absolute Gasteiger partial charge is 0.356 e. The molecule has 0 radical (unpaired) electrons. The van der Waals surface area contributed by atoms with E-state index in [1.807, 2.05) is 0 Å². The summed E-state index contributed by atoms with van der Waals surface area (Å²) in [6.07, 6.45) is 2.93. The van der Waals surface area contributed by atoms with Crippen LogP contribution in [0.1, 0.15) is 30.0 Å². The standard InChI is InChI=1S/C15H20N2O/c1-4-7-16-9-13-10-17-18-15(13)14-6-5-11(2)8-12(14)3/h5-6,8,10,16H,4,7,9H2,1-3H3. The molecule has 3 heteroatoms. The molecule has 2 aromatic rings. The molecular weight excluding hydrogens is 224 g/mol. The topological polar surface area (TPSA) is 38.1 Å². The van der Waals surface area contributed by atoms with E-state index in [1.54, 1.807) is 6.20 Å². The highest BCUT2D eigenvalue weighted by molar-refractivity contribution is 5.65. The molecule has 0 aliphatic carbocycles. The van der Waals surface area contributed by atoms with Crippen LogP contribution in [0.5, 0.6) is 0 Å². The summed E-state index contributed by atoms with van der Waals surface area (Å²) in [6, 6.07) is 6.38. The maximum atomic E-state index is 5.41. The third kappa shape index (κ3) is 2.79. The zero-order chi connectivity index (χ0) is 13.0. The molecule has 18 heavy (non-hydrogen) atoms. The predicted octanol–water partition coefficient (Wildman–Crippen LogP) is 3.46. The van der Waals surface area contributed by atoms with E-state index in [4.69, 9.17) is 4.52 Å². The molecule has 3 nitrogen and oxygen atoms in total. The van der Waals surface area contributed by atoms with Gasteiger partial charge in [0.2, 0.25) is 0 Å². The SMILES string of the molecule is CCCNCc1cnoc1-c1ccc(C)cc1C. The van der Waals surface area contributed by atoms with E-state index in [0.717, 1.165) is 36.4 Å². The van der Waals surface area contributed by atoms with Gasteiger partial charge in [0.15, 0.2) is 5.76 Å². The molecule has 2 rings (SSSR count). The van der Waals surface area contributed by atoms with Gasteiger partial charge >= 0.3 is 0 Å². The van der Waals surface area contributed by atoms with Crippen molar-refractivity contribution in [1.29, 1.82) is 0 Å². The fraction of sp³-hybridized carbons (Fsp3) is 0.400. The maximum Gasteiger partial charge on any atom is 0.171 e. The van der Waals surface area contributed by atoms with Crippen molar-refractivity contribution in [2.24, 2.45) is 0 Å². The van der Waals surface area contributed by atoms with Gasteiger partial charge in [0.25, 0.3) is 0 Å². The quantitative estimate of drug-likeness (QED) is 0.818. The van der Waals surface area contributed by atoms with Crippen LogP contribution in [-0.2, 0) is 6.54 Å². The fourth-order valence-electron chi connectivity index (χ4n) is 2.08. The monoisotopic (exact) mass is 244 g/mol. The van der Waals surface area contributed by atoms with E-state index in [-0.39, 0.29) is 0 Å². The van der Waals surface area contributed by atoms with Crippen LogP contribution in [0.15, 0.2) is 28.9 Å². The first-order valence-corrected chi connectivity index (χ1v) is 6.44. The molecule has 1 aromatic heterocycles. The number of hydrogen-bond donors (Lipinski definition) is 1. The summed E-state index contributed by atoms with van der Waals surface area (Å²) in [5, 5.41) is 7.30. The molecule has 0 saturated carbocycles. The van der Waals surface area contributed by atoms with Crippen molar-refractivity contribution in [3.8, 4) is 11.3 Å². The summed E-state index contributed by atoms with van der Waals surface area (Å²) in [7, 11) is 0. The smallest absolute Gasteiger partial charge is 0.171 e. The van der Waals surface area contributed by atoms with Gasteiger partial charge in [-0.3, -0.25) is 0 Å². The first-order chi connectivity index (χ1) is 8.72. The molecule has 0 aliphatic heterocycles. The number of aromatic nitrogens is 1. The number of aryl methyl sites for hydroxylation is 2. The van der Waals surface area contributed by atoms with Gasteiger partial charge in [-0.15, -0.1) is 0 Å². The lowest BCUT2D eigenvalue weighted by molar-refractivity contribution is 0.431. The zero-order valence-electron chi connectivity index (χ0n) is 11.3. The molecule has 0 atom stereocenters. The van der Waals surface area contributed by atoms with Gasteiger partial charge in [-0.25, -0.2) is 0 Å². The number of nitrogens with one attached hydrogen (secondary N) is 1. The number of hydrogen-bond acceptors (Lipinski definition) is 3. The Kier molecular flexibility index (Phi) is 4.15. The third-order valence-electron chi connectivity index (χ3n) is 3.01. The lowest BCUT2D eigenvalue weighted by Crippen LogP contribution is -2.13. The summed E-state index contributed by atoms with van der Waals surface area (Å²) in [6.45, 7) is 8.18. The zero-order valence-corrected chi connectivity index (χ0v) is 11.3. The summed E-state index contributed by atoms with van der Waals surface area (Å²) in [5.41, 5.74) is 4.74. The minimum atomic E-state index is 0.806. The number of benzene rings is 1. The Hall–Kier alpha value is -1.61. The average Bonchev–Trinajstić information content (AvgIpc) is 2.78. The van der Waals surface area contributed by atoms with E-state index in [9.17, 15) is 0 Å². The van der Waals surface area contributed by atoms with Gasteiger partial charge in [-0.2, -0.15) is 0 Å². The average molecular weight is 244 g/mol. The van der Waals surface area contributed by atoms with Crippen LogP contribution in [0.3, 0.4) is 0 Å². The van der Waals surface area contributed by atoms with E-state index < -0.39 is 0 Å². The molecule has 0 unspecified atom stereocenters. The van der Waals surface area contributed by atoms with Crippen LogP contribution < -0.4 is 5.32 Å². The molecule has 0 amide bonds. The van der Waals surface area contributed by atoms with Crippen molar-refractivity contribution < 1.29 is 4.52 Å². The van der Waals surface area contributed by atoms with Gasteiger partial charge in [0, 0.05) is 17.7 Å². The van der Waals surface area contributed by atoms with Gasteiger partial charge in [-0.1, -0.05) is 35.8 Å². The van der Waals surface area contributed by atoms with E-state index in [1.165, 1.54) is 11.1 Å². The van der Waals surface area contributed by atoms with Crippen LogP contribution in [0.25, 0.3) is 11.3 Å². The van der Waals surface area contributed by atoms with Crippen LogP contribution in [0.4, 0.5) is 0 Å². The molecular formula is C15H20N2O. The van der Waals surface area contributed by atoms with Crippen molar-refractivity contribution in [3.63, 3.8) is 0 Å². The Balaban J connectivity index is 2.25. The Morgan fingerprint density at radius 1 is 1.28 bits per heavy atom. The molecule has 96 valence electrons. The lowest BCUT2D eigenvalue weighted by atomic mass is 10.0. The summed E-state index contributed by atoms with van der Waals surface area (Å²) in [4.78, 5) is 0. The predicted molar refractivity (Wildman–Crippen MR) is 73.4 cm³/mol. The highest BCUT2D eigenvalue weighted by Gasteiger charge is 2.12. The highest BCUT2D eigenvalue weighted by atomic mass is 16.5. The molecule has 1 heterocycles. The second kappa shape index (κ2) is 5.83. The molecule has 0 aliphatic rings. The summed E-state index contributed by atoms with van der Waals surface area (Å²) in [5.74, 6) is 0.885. The van der Waals surface area contributed by atoms with Crippen LogP contribution in [0, 0.1) is 13.8 Å². The third-order valence-corrected chi connectivity index (χ3v) is 3.01. The van der Waals surface area contributed by atoms with Gasteiger partial charge < -0.3 is 9.84 Å². The van der Waals surface area contributed by atoms with Gasteiger partial charge in [-0.05, 0) is 32.4 Å². The molecule has 0 fully saturated rings. The number of nitrogens with zero attached hydrogens (tertiary/aromatic N) is 1. The molecule has 0 saturated heterocycles. The lowest BCUT2D eigenvalue weighted by Gasteiger charge is -2.06. The summed E-state index contributed by atoms with van der Waals surface area (Å²) < 4.78 is 5.41. The van der Waals surface area contributed by atoms with Crippen LogP contribution in [0.2, 0.25) is 0 Å². The minimum Gasteiger partial charge on any atom is -0.356 e. The Bertz CT molecular complexity index is 517. The Morgan fingerprint density at radius 3 is 2.83 bits per heavy atom. The Labute approximate surface area is 108 Å². The highest BCUT2D eigenvalue weighted by Crippen LogP contribution is 2.27. The van der Waals surface area contributed by atoms with Crippen molar-refractivity contribution in [1.82, 2.24) is 10.5 Å². The van der Waals surface area contributed by atoms with Crippen LogP contribution >= 0.6 is 0 Å². The molecule has 1 N–H and O–H groups in total. The van der Waals surface area contributed by atoms with Gasteiger partial charge in [0.1, 0.15) is 0 Å². The maximum absolute atomic E-state index is 5.41. The normalized spacial score (nSPS) is 10.8. The van der Waals surface area contributed by atoms with Crippen molar-refractivity contribution in [2.45, 2.75) is 33.7 Å². The van der Waals surface area contributed by atoms with E-state index in [0.29, 0.717) is 0 Å². The first kappa shape index (κ1) is 12.8. The molecule has 1 aromatic carbocycles. The van der Waals surface area contributed by atoms with Crippen molar-refractivity contribution >= 4 is 0 Å². The van der Waals surface area contributed by atoms with Crippen molar-refractivity contribution in [3.05, 3.63) is 41.1 Å². The van der Waals surface area contributed by atoms with Gasteiger partial charge in [0.05, 0.1) is 6.20 Å². The van der Waals surface area contributed by atoms with Crippen molar-refractivity contribution in [2.75, 3.05) is 6.54 Å². The molecule has 0 bridgehead atoms. The van der Waals surface area contributed by atoms with E-state index in [2.05, 4.69) is 49.4 Å². The summed E-state index contributed by atoms with van der Waals surface area (Å²) >= 11 is 0. The second-order valence-corrected chi connectivity index (χ2v) is 4.68. The Morgan fingerprint density at radius 2 is 2.11 bits per heavy atom.